The zero-order chi connectivity index (χ0) is 17.4. The summed E-state index contributed by atoms with van der Waals surface area (Å²) in [6.07, 6.45) is 5.70. The Hall–Kier alpha value is -2.22. The zero-order valence-electron chi connectivity index (χ0n) is 14.1. The summed E-state index contributed by atoms with van der Waals surface area (Å²) in [6, 6.07) is 1.72. The number of hydrogen-bond donors (Lipinski definition) is 1. The molecule has 1 aliphatic heterocycles. The Kier molecular flexibility index (Phi) is 6.92. The number of rotatable bonds is 7. The van der Waals surface area contributed by atoms with E-state index in [4.69, 9.17) is 9.47 Å². The number of hydrogen-bond acceptors (Lipinski definition) is 6. The Morgan fingerprint density at radius 2 is 2.12 bits per heavy atom. The number of likely N-dealkylation sites (tertiary alicyclic amines) is 1. The molecule has 2 heterocycles. The van der Waals surface area contributed by atoms with Crippen LogP contribution < -0.4 is 10.1 Å². The van der Waals surface area contributed by atoms with E-state index in [0.717, 1.165) is 12.8 Å². The highest BCUT2D eigenvalue weighted by atomic mass is 16.5. The van der Waals surface area contributed by atoms with Crippen molar-refractivity contribution in [2.75, 3.05) is 27.3 Å². The fourth-order valence-corrected chi connectivity index (χ4v) is 2.92. The van der Waals surface area contributed by atoms with E-state index in [1.54, 1.807) is 37.5 Å². The monoisotopic (exact) mass is 336 g/mol. The number of nitrogens with zero attached hydrogens (tertiary/aromatic N) is 3. The first-order chi connectivity index (χ1) is 11.7. The Labute approximate surface area is 141 Å². The van der Waals surface area contributed by atoms with Crippen molar-refractivity contribution in [2.24, 2.45) is 0 Å². The van der Waals surface area contributed by atoms with Gasteiger partial charge in [0.2, 0.25) is 5.91 Å². The van der Waals surface area contributed by atoms with Crippen molar-refractivity contribution in [3.8, 4) is 6.01 Å². The van der Waals surface area contributed by atoms with Crippen LogP contribution >= 0.6 is 0 Å². The maximum atomic E-state index is 12.5. The highest BCUT2D eigenvalue weighted by molar-refractivity contribution is 5.78. The molecule has 0 spiro atoms. The molecule has 0 bridgehead atoms. The summed E-state index contributed by atoms with van der Waals surface area (Å²) in [7, 11) is 3.24. The lowest BCUT2D eigenvalue weighted by Crippen LogP contribution is -2.53. The fourth-order valence-electron chi connectivity index (χ4n) is 2.92. The largest absolute Gasteiger partial charge is 0.453 e. The maximum absolute atomic E-state index is 12.5. The second kappa shape index (κ2) is 9.17. The summed E-state index contributed by atoms with van der Waals surface area (Å²) in [5.74, 6) is -0.192. The average molecular weight is 336 g/mol. The number of nitrogens with one attached hydrogen (secondary N) is 1. The van der Waals surface area contributed by atoms with Crippen molar-refractivity contribution < 1.29 is 19.1 Å². The summed E-state index contributed by atoms with van der Waals surface area (Å²) in [5, 5.41) is 2.60. The van der Waals surface area contributed by atoms with E-state index in [-0.39, 0.29) is 36.6 Å². The van der Waals surface area contributed by atoms with Gasteiger partial charge in [0, 0.05) is 39.5 Å². The van der Waals surface area contributed by atoms with Crippen LogP contribution in [-0.2, 0) is 14.3 Å². The number of aromatic nitrogens is 2. The lowest BCUT2D eigenvalue weighted by molar-refractivity contribution is -0.143. The number of carbonyl (C=O) groups excluding carboxylic acids is 2. The first-order valence-corrected chi connectivity index (χ1v) is 8.08. The fraction of sp³-hybridized carbons (Fsp3) is 0.625. The van der Waals surface area contributed by atoms with Gasteiger partial charge < -0.3 is 19.7 Å². The molecular weight excluding hydrogens is 312 g/mol. The summed E-state index contributed by atoms with van der Waals surface area (Å²) >= 11 is 0. The summed E-state index contributed by atoms with van der Waals surface area (Å²) in [6.45, 7) is 0.507. The van der Waals surface area contributed by atoms with Crippen LogP contribution in [-0.4, -0.2) is 66.1 Å². The summed E-state index contributed by atoms with van der Waals surface area (Å²) in [4.78, 5) is 33.7. The second-order valence-corrected chi connectivity index (χ2v) is 5.60. The summed E-state index contributed by atoms with van der Waals surface area (Å²) in [5.41, 5.74) is 0. The predicted molar refractivity (Wildman–Crippen MR) is 86.4 cm³/mol. The molecule has 132 valence electrons. The van der Waals surface area contributed by atoms with Gasteiger partial charge in [0.25, 0.3) is 5.91 Å². The quantitative estimate of drug-likeness (QED) is 0.774. The van der Waals surface area contributed by atoms with Gasteiger partial charge in [-0.25, -0.2) is 9.97 Å². The molecule has 8 heteroatoms. The molecule has 1 aliphatic rings. The molecule has 1 saturated heterocycles. The van der Waals surface area contributed by atoms with E-state index >= 15 is 0 Å². The van der Waals surface area contributed by atoms with Gasteiger partial charge in [-0.05, 0) is 25.3 Å². The van der Waals surface area contributed by atoms with E-state index < -0.39 is 0 Å². The average Bonchev–Trinajstić information content (AvgIpc) is 2.64. The van der Waals surface area contributed by atoms with Crippen LogP contribution in [0.3, 0.4) is 0 Å². The van der Waals surface area contributed by atoms with Crippen LogP contribution in [0.15, 0.2) is 18.5 Å². The van der Waals surface area contributed by atoms with Gasteiger partial charge in [-0.1, -0.05) is 0 Å². The SMILES string of the molecule is CNC(=O)CC[C@H]1[C@@H](OC)CCCN1C(=O)COc1ncccn1. The third-order valence-corrected chi connectivity index (χ3v) is 4.15. The van der Waals surface area contributed by atoms with Gasteiger partial charge >= 0.3 is 6.01 Å². The molecule has 0 aromatic carbocycles. The van der Waals surface area contributed by atoms with Crippen LogP contribution in [0.1, 0.15) is 25.7 Å². The zero-order valence-corrected chi connectivity index (χ0v) is 14.1. The van der Waals surface area contributed by atoms with E-state index in [2.05, 4.69) is 15.3 Å². The molecule has 1 fully saturated rings. The molecule has 0 radical (unpaired) electrons. The topological polar surface area (TPSA) is 93.7 Å². The molecule has 1 aromatic rings. The van der Waals surface area contributed by atoms with Gasteiger partial charge in [-0.3, -0.25) is 9.59 Å². The van der Waals surface area contributed by atoms with Gasteiger partial charge in [0.15, 0.2) is 6.61 Å². The van der Waals surface area contributed by atoms with Crippen molar-refractivity contribution in [1.29, 1.82) is 0 Å². The molecule has 0 aliphatic carbocycles. The first kappa shape index (κ1) is 18.1. The third kappa shape index (κ3) is 4.89. The minimum absolute atomic E-state index is 0.0447. The van der Waals surface area contributed by atoms with Crippen LogP contribution in [0.25, 0.3) is 0 Å². The van der Waals surface area contributed by atoms with Crippen molar-refractivity contribution in [3.05, 3.63) is 18.5 Å². The number of carbonyl (C=O) groups is 2. The summed E-state index contributed by atoms with van der Waals surface area (Å²) < 4.78 is 10.9. The highest BCUT2D eigenvalue weighted by Gasteiger charge is 2.34. The second-order valence-electron chi connectivity index (χ2n) is 5.60. The van der Waals surface area contributed by atoms with Crippen molar-refractivity contribution in [1.82, 2.24) is 20.2 Å². The van der Waals surface area contributed by atoms with Gasteiger partial charge in [0.1, 0.15) is 0 Å². The Morgan fingerprint density at radius 1 is 1.38 bits per heavy atom. The van der Waals surface area contributed by atoms with E-state index in [1.807, 2.05) is 0 Å². The molecule has 24 heavy (non-hydrogen) atoms. The van der Waals surface area contributed by atoms with Crippen LogP contribution in [0.5, 0.6) is 6.01 Å². The van der Waals surface area contributed by atoms with Crippen molar-refractivity contribution in [3.63, 3.8) is 0 Å². The Morgan fingerprint density at radius 3 is 2.79 bits per heavy atom. The van der Waals surface area contributed by atoms with Crippen LogP contribution in [0.4, 0.5) is 0 Å². The highest BCUT2D eigenvalue weighted by Crippen LogP contribution is 2.24. The predicted octanol–water partition coefficient (Wildman–Crippen LogP) is 0.388. The third-order valence-electron chi connectivity index (χ3n) is 4.15. The smallest absolute Gasteiger partial charge is 0.316 e. The molecule has 2 rings (SSSR count). The first-order valence-electron chi connectivity index (χ1n) is 8.08. The number of methoxy groups -OCH3 is 1. The Bertz CT molecular complexity index is 540. The maximum Gasteiger partial charge on any atom is 0.316 e. The van der Waals surface area contributed by atoms with E-state index in [0.29, 0.717) is 19.4 Å². The number of piperidine rings is 1. The molecule has 8 nitrogen and oxygen atoms in total. The standard InChI is InChI=1S/C16H24N4O4/c1-17-14(21)7-6-12-13(23-2)5-3-10-20(12)15(22)11-24-16-18-8-4-9-19-16/h4,8-9,12-13H,3,5-7,10-11H2,1-2H3,(H,17,21)/t12-,13-/m0/s1. The normalized spacial score (nSPS) is 20.5. The number of ether oxygens (including phenoxy) is 2. The van der Waals surface area contributed by atoms with Gasteiger partial charge in [-0.15, -0.1) is 0 Å². The molecule has 2 amide bonds. The number of amides is 2. The molecular formula is C16H24N4O4. The van der Waals surface area contributed by atoms with E-state index in [9.17, 15) is 9.59 Å². The molecule has 1 N–H and O–H groups in total. The minimum Gasteiger partial charge on any atom is -0.453 e. The van der Waals surface area contributed by atoms with Crippen molar-refractivity contribution >= 4 is 11.8 Å². The molecule has 1 aromatic heterocycles. The minimum atomic E-state index is -0.147. The van der Waals surface area contributed by atoms with Crippen LogP contribution in [0, 0.1) is 0 Å². The lowest BCUT2D eigenvalue weighted by Gasteiger charge is -2.40. The van der Waals surface area contributed by atoms with Crippen LogP contribution in [0.2, 0.25) is 0 Å². The molecule has 0 saturated carbocycles. The molecule has 0 unspecified atom stereocenters. The molecule has 2 atom stereocenters. The van der Waals surface area contributed by atoms with Gasteiger partial charge in [-0.2, -0.15) is 0 Å². The van der Waals surface area contributed by atoms with E-state index in [1.165, 1.54) is 0 Å². The Balaban J connectivity index is 1.97. The lowest BCUT2D eigenvalue weighted by atomic mass is 9.94. The van der Waals surface area contributed by atoms with Gasteiger partial charge in [0.05, 0.1) is 12.1 Å². The van der Waals surface area contributed by atoms with Crippen molar-refractivity contribution in [2.45, 2.75) is 37.8 Å².